The Kier molecular flexibility index (Phi) is 5.46. The largest absolute Gasteiger partial charge is 0.444 e. The fourth-order valence-corrected chi connectivity index (χ4v) is 3.04. The van der Waals surface area contributed by atoms with E-state index in [0.717, 1.165) is 52.3 Å². The van der Waals surface area contributed by atoms with Crippen molar-refractivity contribution in [2.24, 2.45) is 5.92 Å². The fourth-order valence-electron chi connectivity index (χ4n) is 3.04. The summed E-state index contributed by atoms with van der Waals surface area (Å²) >= 11 is 0. The highest BCUT2D eigenvalue weighted by Gasteiger charge is 2.12. The van der Waals surface area contributed by atoms with Gasteiger partial charge < -0.3 is 9.73 Å². The molecule has 1 N–H and O–H groups in total. The van der Waals surface area contributed by atoms with Crippen LogP contribution in [0, 0.1) is 12.8 Å². The number of aryl methyl sites for hydroxylation is 2. The number of anilines is 1. The zero-order valence-electron chi connectivity index (χ0n) is 16.9. The van der Waals surface area contributed by atoms with Crippen LogP contribution in [-0.4, -0.2) is 24.9 Å². The normalized spacial score (nSPS) is 11.3. The molecule has 29 heavy (non-hydrogen) atoms. The molecule has 0 spiro atoms. The first-order valence-corrected chi connectivity index (χ1v) is 9.79. The van der Waals surface area contributed by atoms with Crippen LogP contribution in [0.4, 0.5) is 5.82 Å². The van der Waals surface area contributed by atoms with Gasteiger partial charge in [-0.2, -0.15) is 0 Å². The molecule has 1 aromatic carbocycles. The summed E-state index contributed by atoms with van der Waals surface area (Å²) < 4.78 is 5.45. The molecule has 0 radical (unpaired) electrons. The number of nitrogens with one attached hydrogen (secondary N) is 1. The lowest BCUT2D eigenvalue weighted by Crippen LogP contribution is -2.08. The molecule has 0 aliphatic heterocycles. The molecule has 0 atom stereocenters. The Bertz CT molecular complexity index is 1090. The number of benzene rings is 1. The molecule has 3 heterocycles. The molecule has 0 bridgehead atoms. The van der Waals surface area contributed by atoms with Gasteiger partial charge >= 0.3 is 0 Å². The quantitative estimate of drug-likeness (QED) is 0.495. The first-order valence-electron chi connectivity index (χ1n) is 9.79. The molecular formula is C22H24N6O. The summed E-state index contributed by atoms with van der Waals surface area (Å²) in [5, 5.41) is 4.36. The van der Waals surface area contributed by atoms with Crippen molar-refractivity contribution in [3.63, 3.8) is 0 Å². The highest BCUT2D eigenvalue weighted by molar-refractivity contribution is 5.92. The SMILES string of the molecule is Cc1cnc(CNc2nc(CCC(C)C)nc3ccc(-c4cnco4)cc23)cn1. The van der Waals surface area contributed by atoms with Crippen molar-refractivity contribution in [2.75, 3.05) is 5.32 Å². The molecule has 0 unspecified atom stereocenters. The van der Waals surface area contributed by atoms with Crippen LogP contribution in [0.2, 0.25) is 0 Å². The lowest BCUT2D eigenvalue weighted by Gasteiger charge is -2.12. The third-order valence-electron chi connectivity index (χ3n) is 4.68. The number of nitrogens with zero attached hydrogens (tertiary/aromatic N) is 5. The second-order valence-corrected chi connectivity index (χ2v) is 7.52. The van der Waals surface area contributed by atoms with Crippen molar-refractivity contribution in [2.45, 2.75) is 40.2 Å². The van der Waals surface area contributed by atoms with E-state index in [1.165, 1.54) is 6.39 Å². The number of aromatic nitrogens is 5. The van der Waals surface area contributed by atoms with Crippen molar-refractivity contribution in [1.82, 2.24) is 24.9 Å². The molecule has 0 saturated heterocycles. The molecule has 0 aliphatic carbocycles. The zero-order chi connectivity index (χ0) is 20.2. The van der Waals surface area contributed by atoms with Gasteiger partial charge in [0.2, 0.25) is 0 Å². The van der Waals surface area contributed by atoms with Gasteiger partial charge in [-0.05, 0) is 37.5 Å². The van der Waals surface area contributed by atoms with Gasteiger partial charge in [-0.15, -0.1) is 0 Å². The maximum Gasteiger partial charge on any atom is 0.181 e. The molecule has 0 amide bonds. The van der Waals surface area contributed by atoms with Gasteiger partial charge in [0, 0.05) is 23.6 Å². The molecular weight excluding hydrogens is 364 g/mol. The van der Waals surface area contributed by atoms with E-state index < -0.39 is 0 Å². The van der Waals surface area contributed by atoms with E-state index in [0.29, 0.717) is 18.2 Å². The summed E-state index contributed by atoms with van der Waals surface area (Å²) in [7, 11) is 0. The second-order valence-electron chi connectivity index (χ2n) is 7.52. The third-order valence-corrected chi connectivity index (χ3v) is 4.68. The van der Waals surface area contributed by atoms with Gasteiger partial charge in [-0.3, -0.25) is 9.97 Å². The topological polar surface area (TPSA) is 89.6 Å². The third kappa shape index (κ3) is 4.56. The Morgan fingerprint density at radius 2 is 1.97 bits per heavy atom. The van der Waals surface area contributed by atoms with Crippen molar-refractivity contribution in [1.29, 1.82) is 0 Å². The van der Waals surface area contributed by atoms with E-state index in [-0.39, 0.29) is 0 Å². The van der Waals surface area contributed by atoms with Crippen LogP contribution in [-0.2, 0) is 13.0 Å². The first kappa shape index (κ1) is 19.0. The van der Waals surface area contributed by atoms with Crippen LogP contribution in [0.1, 0.15) is 37.5 Å². The van der Waals surface area contributed by atoms with E-state index in [9.17, 15) is 0 Å². The van der Waals surface area contributed by atoms with Crippen LogP contribution >= 0.6 is 0 Å². The van der Waals surface area contributed by atoms with Gasteiger partial charge in [-0.25, -0.2) is 15.0 Å². The highest BCUT2D eigenvalue weighted by Crippen LogP contribution is 2.28. The Morgan fingerprint density at radius 3 is 2.69 bits per heavy atom. The molecule has 7 nitrogen and oxygen atoms in total. The van der Waals surface area contributed by atoms with Crippen LogP contribution in [0.25, 0.3) is 22.2 Å². The van der Waals surface area contributed by atoms with E-state index in [1.54, 1.807) is 18.6 Å². The number of hydrogen-bond acceptors (Lipinski definition) is 7. The minimum Gasteiger partial charge on any atom is -0.444 e. The predicted octanol–water partition coefficient (Wildman–Crippen LogP) is 4.58. The summed E-state index contributed by atoms with van der Waals surface area (Å²) in [6.45, 7) is 6.88. The van der Waals surface area contributed by atoms with E-state index in [2.05, 4.69) is 34.1 Å². The van der Waals surface area contributed by atoms with Crippen molar-refractivity contribution in [3.05, 3.63) is 60.4 Å². The minimum atomic E-state index is 0.537. The summed E-state index contributed by atoms with van der Waals surface area (Å²) in [4.78, 5) is 22.3. The fraction of sp³-hybridized carbons (Fsp3) is 0.318. The van der Waals surface area contributed by atoms with Gasteiger partial charge in [0.05, 0.1) is 35.8 Å². The van der Waals surface area contributed by atoms with Crippen molar-refractivity contribution < 1.29 is 4.42 Å². The van der Waals surface area contributed by atoms with E-state index in [4.69, 9.17) is 14.4 Å². The molecule has 0 saturated carbocycles. The number of hydrogen-bond donors (Lipinski definition) is 1. The smallest absolute Gasteiger partial charge is 0.181 e. The molecule has 0 aliphatic rings. The van der Waals surface area contributed by atoms with Gasteiger partial charge in [0.15, 0.2) is 12.2 Å². The monoisotopic (exact) mass is 388 g/mol. The van der Waals surface area contributed by atoms with E-state index in [1.807, 2.05) is 25.1 Å². The van der Waals surface area contributed by atoms with Crippen molar-refractivity contribution in [3.8, 4) is 11.3 Å². The first-order chi connectivity index (χ1) is 14.1. The summed E-state index contributed by atoms with van der Waals surface area (Å²) in [6, 6.07) is 6.03. The average Bonchev–Trinajstić information content (AvgIpc) is 3.26. The molecule has 4 aromatic rings. The Balaban J connectivity index is 1.70. The molecule has 3 aromatic heterocycles. The van der Waals surface area contributed by atoms with Gasteiger partial charge in [0.1, 0.15) is 11.6 Å². The average molecular weight is 388 g/mol. The standard InChI is InChI=1S/C22H24N6O/c1-14(2)4-7-21-27-19-6-5-16(20-12-23-13-29-20)8-18(19)22(28-21)26-11-17-10-24-15(3)9-25-17/h5-6,8-10,12-14H,4,7,11H2,1-3H3,(H,26,27,28). The van der Waals surface area contributed by atoms with Crippen LogP contribution in [0.3, 0.4) is 0 Å². The highest BCUT2D eigenvalue weighted by atomic mass is 16.3. The predicted molar refractivity (Wildman–Crippen MR) is 112 cm³/mol. The van der Waals surface area contributed by atoms with E-state index >= 15 is 0 Å². The lowest BCUT2D eigenvalue weighted by atomic mass is 10.1. The zero-order valence-corrected chi connectivity index (χ0v) is 16.9. The minimum absolute atomic E-state index is 0.537. The maximum absolute atomic E-state index is 5.45. The van der Waals surface area contributed by atoms with Gasteiger partial charge in [-0.1, -0.05) is 13.8 Å². The Morgan fingerprint density at radius 1 is 1.07 bits per heavy atom. The molecule has 4 rings (SSSR count). The molecule has 7 heteroatoms. The molecule has 148 valence electrons. The summed E-state index contributed by atoms with van der Waals surface area (Å²) in [5.74, 6) is 2.95. The van der Waals surface area contributed by atoms with Gasteiger partial charge in [0.25, 0.3) is 0 Å². The molecule has 0 fully saturated rings. The summed E-state index contributed by atoms with van der Waals surface area (Å²) in [5.41, 5.74) is 3.60. The number of oxazole rings is 1. The van der Waals surface area contributed by atoms with Crippen LogP contribution < -0.4 is 5.32 Å². The number of fused-ring (bicyclic) bond motifs is 1. The maximum atomic E-state index is 5.45. The Hall–Kier alpha value is -3.35. The van der Waals surface area contributed by atoms with Crippen molar-refractivity contribution >= 4 is 16.7 Å². The van der Waals surface area contributed by atoms with Crippen LogP contribution in [0.15, 0.2) is 47.6 Å². The van der Waals surface area contributed by atoms with Crippen LogP contribution in [0.5, 0.6) is 0 Å². The lowest BCUT2D eigenvalue weighted by molar-refractivity contribution is 0.572. The number of rotatable bonds is 7. The summed E-state index contributed by atoms with van der Waals surface area (Å²) in [6.07, 6.45) is 8.58. The second kappa shape index (κ2) is 8.34. The Labute approximate surface area is 169 Å².